The van der Waals surface area contributed by atoms with E-state index in [0.29, 0.717) is 43.6 Å². The second kappa shape index (κ2) is 7.18. The van der Waals surface area contributed by atoms with Gasteiger partial charge in [-0.2, -0.15) is 9.29 Å². The lowest BCUT2D eigenvalue weighted by Gasteiger charge is -2.18. The van der Waals surface area contributed by atoms with Crippen LogP contribution in [0.2, 0.25) is 0 Å². The van der Waals surface area contributed by atoms with Crippen LogP contribution in [-0.4, -0.2) is 47.6 Å². The molecule has 2 heterocycles. The molecular weight excluding hydrogens is 332 g/mol. The number of aromatic nitrogens is 2. The average Bonchev–Trinajstić information content (AvgIpc) is 3.24. The van der Waals surface area contributed by atoms with E-state index in [-0.39, 0.29) is 11.9 Å². The minimum atomic E-state index is -3.28. The SMILES string of the molecule is CS(=O)(=O)N1CCC[C@H]1c1noc(CCC(=O)NC2CCCC2)n1. The van der Waals surface area contributed by atoms with Gasteiger partial charge in [0.15, 0.2) is 5.82 Å². The van der Waals surface area contributed by atoms with Crippen molar-refractivity contribution in [3.63, 3.8) is 0 Å². The number of nitrogens with one attached hydrogen (secondary N) is 1. The number of carbonyl (C=O) groups excluding carboxylic acids is 1. The van der Waals surface area contributed by atoms with Crippen molar-refractivity contribution in [3.8, 4) is 0 Å². The highest BCUT2D eigenvalue weighted by molar-refractivity contribution is 7.88. The fourth-order valence-corrected chi connectivity index (χ4v) is 4.61. The highest BCUT2D eigenvalue weighted by Gasteiger charge is 2.35. The van der Waals surface area contributed by atoms with Gasteiger partial charge in [0.05, 0.1) is 12.3 Å². The Balaban J connectivity index is 1.54. The molecule has 2 aliphatic rings. The normalized spacial score (nSPS) is 23.0. The summed E-state index contributed by atoms with van der Waals surface area (Å²) >= 11 is 0. The maximum atomic E-state index is 11.9. The predicted molar refractivity (Wildman–Crippen MR) is 86.5 cm³/mol. The number of hydrogen-bond donors (Lipinski definition) is 1. The molecule has 1 N–H and O–H groups in total. The van der Waals surface area contributed by atoms with Gasteiger partial charge in [-0.05, 0) is 25.7 Å². The first-order chi connectivity index (χ1) is 11.4. The standard InChI is InChI=1S/C15H24N4O4S/c1-24(21,22)19-10-4-7-12(19)15-17-14(23-18-15)9-8-13(20)16-11-5-2-3-6-11/h11-12H,2-10H2,1H3,(H,16,20)/t12-/m0/s1. The lowest BCUT2D eigenvalue weighted by molar-refractivity contribution is -0.121. The van der Waals surface area contributed by atoms with Crippen LogP contribution in [0.1, 0.15) is 62.7 Å². The van der Waals surface area contributed by atoms with E-state index in [0.717, 1.165) is 19.3 Å². The Hall–Kier alpha value is -1.48. The fourth-order valence-electron chi connectivity index (χ4n) is 3.49. The van der Waals surface area contributed by atoms with E-state index >= 15 is 0 Å². The zero-order valence-corrected chi connectivity index (χ0v) is 14.7. The maximum absolute atomic E-state index is 11.9. The van der Waals surface area contributed by atoms with Crippen molar-refractivity contribution >= 4 is 15.9 Å². The average molecular weight is 356 g/mol. The number of carbonyl (C=O) groups is 1. The highest BCUT2D eigenvalue weighted by Crippen LogP contribution is 2.32. The van der Waals surface area contributed by atoms with Crippen LogP contribution in [0.4, 0.5) is 0 Å². The molecule has 1 saturated heterocycles. The summed E-state index contributed by atoms with van der Waals surface area (Å²) in [6, 6.07) is -0.0534. The Morgan fingerprint density at radius 2 is 2.04 bits per heavy atom. The van der Waals surface area contributed by atoms with E-state index in [1.807, 2.05) is 0 Å². The van der Waals surface area contributed by atoms with Crippen molar-refractivity contribution in [1.29, 1.82) is 0 Å². The quantitative estimate of drug-likeness (QED) is 0.820. The van der Waals surface area contributed by atoms with Crippen LogP contribution in [-0.2, 0) is 21.2 Å². The fraction of sp³-hybridized carbons (Fsp3) is 0.800. The van der Waals surface area contributed by atoms with Crippen LogP contribution >= 0.6 is 0 Å². The van der Waals surface area contributed by atoms with Gasteiger partial charge in [-0.1, -0.05) is 18.0 Å². The molecule has 1 amide bonds. The van der Waals surface area contributed by atoms with Gasteiger partial charge < -0.3 is 9.84 Å². The molecule has 1 saturated carbocycles. The molecular formula is C15H24N4O4S. The number of hydrogen-bond acceptors (Lipinski definition) is 6. The van der Waals surface area contributed by atoms with Crippen LogP contribution in [0, 0.1) is 0 Å². The summed E-state index contributed by atoms with van der Waals surface area (Å²) in [5, 5.41) is 6.94. The predicted octanol–water partition coefficient (Wildman–Crippen LogP) is 1.16. The van der Waals surface area contributed by atoms with Crippen molar-refractivity contribution in [2.24, 2.45) is 0 Å². The minimum Gasteiger partial charge on any atom is -0.353 e. The molecule has 2 fully saturated rings. The van der Waals surface area contributed by atoms with Crippen molar-refractivity contribution in [3.05, 3.63) is 11.7 Å². The van der Waals surface area contributed by atoms with Gasteiger partial charge in [-0.15, -0.1) is 0 Å². The number of amides is 1. The third-order valence-corrected chi connectivity index (χ3v) is 5.99. The summed E-state index contributed by atoms with van der Waals surface area (Å²) in [5.74, 6) is 0.774. The van der Waals surface area contributed by atoms with Gasteiger partial charge in [0.2, 0.25) is 21.8 Å². The summed E-state index contributed by atoms with van der Waals surface area (Å²) in [7, 11) is -3.28. The second-order valence-corrected chi connectivity index (χ2v) is 8.56. The van der Waals surface area contributed by atoms with E-state index in [1.165, 1.54) is 23.4 Å². The Morgan fingerprint density at radius 3 is 2.75 bits per heavy atom. The molecule has 3 rings (SSSR count). The number of nitrogens with zero attached hydrogens (tertiary/aromatic N) is 3. The number of sulfonamides is 1. The van der Waals surface area contributed by atoms with Gasteiger partial charge in [-0.3, -0.25) is 4.79 Å². The van der Waals surface area contributed by atoms with E-state index < -0.39 is 10.0 Å². The number of aryl methyl sites for hydroxylation is 1. The lowest BCUT2D eigenvalue weighted by atomic mass is 10.2. The molecule has 1 aromatic rings. The molecule has 8 nitrogen and oxygen atoms in total. The maximum Gasteiger partial charge on any atom is 0.227 e. The third-order valence-electron chi connectivity index (χ3n) is 4.70. The lowest BCUT2D eigenvalue weighted by Crippen LogP contribution is -2.32. The summed E-state index contributed by atoms with van der Waals surface area (Å²) in [5.41, 5.74) is 0. The van der Waals surface area contributed by atoms with Gasteiger partial charge in [0, 0.05) is 25.4 Å². The van der Waals surface area contributed by atoms with Crippen LogP contribution in [0.15, 0.2) is 4.52 Å². The van der Waals surface area contributed by atoms with Crippen molar-refractivity contribution in [1.82, 2.24) is 19.8 Å². The second-order valence-electron chi connectivity index (χ2n) is 6.63. The largest absolute Gasteiger partial charge is 0.353 e. The molecule has 1 aliphatic carbocycles. The van der Waals surface area contributed by atoms with Crippen LogP contribution < -0.4 is 5.32 Å². The molecule has 1 atom stereocenters. The summed E-state index contributed by atoms with van der Waals surface area (Å²) in [6.45, 7) is 0.483. The smallest absolute Gasteiger partial charge is 0.227 e. The Bertz CT molecular complexity index is 681. The van der Waals surface area contributed by atoms with Crippen molar-refractivity contribution in [2.45, 2.75) is 63.5 Å². The molecule has 1 aromatic heterocycles. The summed E-state index contributed by atoms with van der Waals surface area (Å²) in [6.07, 6.45) is 7.81. The monoisotopic (exact) mass is 356 g/mol. The Morgan fingerprint density at radius 1 is 1.29 bits per heavy atom. The Labute approximate surface area is 142 Å². The van der Waals surface area contributed by atoms with Crippen molar-refractivity contribution in [2.75, 3.05) is 12.8 Å². The van der Waals surface area contributed by atoms with Gasteiger partial charge in [0.1, 0.15) is 0 Å². The van der Waals surface area contributed by atoms with Gasteiger partial charge in [-0.25, -0.2) is 8.42 Å². The first-order valence-electron chi connectivity index (χ1n) is 8.52. The topological polar surface area (TPSA) is 105 Å². The van der Waals surface area contributed by atoms with E-state index in [9.17, 15) is 13.2 Å². The molecule has 24 heavy (non-hydrogen) atoms. The first-order valence-corrected chi connectivity index (χ1v) is 10.4. The van der Waals surface area contributed by atoms with E-state index in [2.05, 4.69) is 15.5 Å². The van der Waals surface area contributed by atoms with Crippen LogP contribution in [0.25, 0.3) is 0 Å². The summed E-state index contributed by atoms with van der Waals surface area (Å²) < 4.78 is 30.2. The molecule has 0 bridgehead atoms. The molecule has 9 heteroatoms. The molecule has 0 radical (unpaired) electrons. The molecule has 134 valence electrons. The molecule has 0 aromatic carbocycles. The zero-order valence-electron chi connectivity index (χ0n) is 13.9. The first kappa shape index (κ1) is 17.3. The minimum absolute atomic E-state index is 0.000258. The van der Waals surface area contributed by atoms with Crippen LogP contribution in [0.5, 0.6) is 0 Å². The third kappa shape index (κ3) is 4.13. The molecule has 0 spiro atoms. The highest BCUT2D eigenvalue weighted by atomic mass is 32.2. The summed E-state index contributed by atoms with van der Waals surface area (Å²) in [4.78, 5) is 16.2. The zero-order chi connectivity index (χ0) is 17.2. The van der Waals surface area contributed by atoms with Gasteiger partial charge in [0.25, 0.3) is 0 Å². The molecule has 0 unspecified atom stereocenters. The molecule has 1 aliphatic heterocycles. The van der Waals surface area contributed by atoms with E-state index in [1.54, 1.807) is 0 Å². The van der Waals surface area contributed by atoms with Crippen LogP contribution in [0.3, 0.4) is 0 Å². The van der Waals surface area contributed by atoms with Crippen molar-refractivity contribution < 1.29 is 17.7 Å². The van der Waals surface area contributed by atoms with E-state index in [4.69, 9.17) is 4.52 Å². The number of rotatable bonds is 6. The van der Waals surface area contributed by atoms with Gasteiger partial charge >= 0.3 is 0 Å². The Kier molecular flexibility index (Phi) is 5.19.